The molecule has 0 spiro atoms. The van der Waals surface area contributed by atoms with Crippen molar-refractivity contribution >= 4 is 11.8 Å². The van der Waals surface area contributed by atoms with E-state index in [0.29, 0.717) is 13.0 Å². The van der Waals surface area contributed by atoms with Gasteiger partial charge in [0.15, 0.2) is 18.2 Å². The molecular weight excluding hydrogens is 524 g/mol. The lowest BCUT2D eigenvalue weighted by atomic mass is 9.96. The van der Waals surface area contributed by atoms with Gasteiger partial charge in [0.2, 0.25) is 0 Å². The number of ether oxygens (including phenoxy) is 5. The van der Waals surface area contributed by atoms with Crippen LogP contribution in [0.1, 0.15) is 150 Å². The first kappa shape index (κ1) is 36.1. The van der Waals surface area contributed by atoms with Crippen molar-refractivity contribution in [2.24, 2.45) is 0 Å². The van der Waals surface area contributed by atoms with E-state index in [9.17, 15) is 14.7 Å². The molecule has 0 aliphatic carbocycles. The molecule has 2 aliphatic heterocycles. The fraction of sp³-hybridized carbons (Fsp3) is 0.939. The molecule has 0 aromatic carbocycles. The fourth-order valence-electron chi connectivity index (χ4n) is 5.66. The monoisotopic (exact) mass is 584 g/mol. The van der Waals surface area contributed by atoms with E-state index < -0.39 is 42.5 Å². The summed E-state index contributed by atoms with van der Waals surface area (Å²) in [5.41, 5.74) is 0. The maximum atomic E-state index is 12.8. The molecule has 41 heavy (non-hydrogen) atoms. The van der Waals surface area contributed by atoms with Gasteiger partial charge in [0.25, 0.3) is 0 Å². The van der Waals surface area contributed by atoms with Gasteiger partial charge in [-0.2, -0.15) is 0 Å². The second-order valence-electron chi connectivity index (χ2n) is 12.4. The molecule has 1 unspecified atom stereocenters. The van der Waals surface area contributed by atoms with Crippen LogP contribution in [0.3, 0.4) is 0 Å². The highest BCUT2D eigenvalue weighted by molar-refractivity contribution is 5.95. The minimum atomic E-state index is -1.38. The van der Waals surface area contributed by atoms with E-state index in [1.165, 1.54) is 70.6 Å². The average molecular weight is 585 g/mol. The van der Waals surface area contributed by atoms with Crippen LogP contribution in [0.4, 0.5) is 0 Å². The third-order valence-electron chi connectivity index (χ3n) is 8.10. The highest BCUT2D eigenvalue weighted by Crippen LogP contribution is 2.34. The molecule has 2 fully saturated rings. The second kappa shape index (κ2) is 20.8. The van der Waals surface area contributed by atoms with Crippen molar-refractivity contribution in [3.63, 3.8) is 0 Å². The Labute approximate surface area is 249 Å². The zero-order valence-corrected chi connectivity index (χ0v) is 26.5. The van der Waals surface area contributed by atoms with Gasteiger partial charge in [0.05, 0.1) is 6.61 Å². The zero-order valence-electron chi connectivity index (χ0n) is 26.5. The number of ketones is 1. The molecule has 2 saturated heterocycles. The molecule has 0 aromatic rings. The Morgan fingerprint density at radius 2 is 1.32 bits per heavy atom. The third kappa shape index (κ3) is 14.8. The van der Waals surface area contributed by atoms with E-state index in [4.69, 9.17) is 23.7 Å². The number of hydrogen-bond donors (Lipinski definition) is 1. The van der Waals surface area contributed by atoms with Crippen molar-refractivity contribution in [1.82, 2.24) is 0 Å². The third-order valence-corrected chi connectivity index (χ3v) is 8.10. The molecule has 0 bridgehead atoms. The van der Waals surface area contributed by atoms with Crippen LogP contribution < -0.4 is 0 Å². The highest BCUT2D eigenvalue weighted by Gasteiger charge is 2.53. The standard InChI is InChI=1S/C33H60O8/c1-5-7-9-11-13-15-16-18-20-22-26(34)24-28(35)40-31-30(37-23-21-19-17-14-12-10-8-6-2)29-27(39-32(31)36)25-38-33(3,4)41-29/h27,29-32,36H,5-25H2,1-4H3/t27-,29-,30+,31-,32?/m1/s1. The normalized spacial score (nSPS) is 25.5. The van der Waals surface area contributed by atoms with Crippen molar-refractivity contribution in [3.05, 3.63) is 0 Å². The first-order valence-electron chi connectivity index (χ1n) is 16.8. The molecule has 2 heterocycles. The summed E-state index contributed by atoms with van der Waals surface area (Å²) in [7, 11) is 0. The van der Waals surface area contributed by atoms with Crippen LogP contribution in [0.15, 0.2) is 0 Å². The lowest BCUT2D eigenvalue weighted by molar-refractivity contribution is -0.381. The molecule has 240 valence electrons. The van der Waals surface area contributed by atoms with Gasteiger partial charge in [-0.25, -0.2) is 0 Å². The summed E-state index contributed by atoms with van der Waals surface area (Å²) < 4.78 is 29.5. The number of unbranched alkanes of at least 4 members (excludes halogenated alkanes) is 15. The Bertz CT molecular complexity index is 711. The molecule has 0 aromatic heterocycles. The topological polar surface area (TPSA) is 101 Å². The maximum absolute atomic E-state index is 12.8. The number of aliphatic hydroxyl groups excluding tert-OH is 1. The number of carbonyl (C=O) groups excluding carboxylic acids is 2. The van der Waals surface area contributed by atoms with E-state index in [0.717, 1.165) is 38.5 Å². The molecule has 2 rings (SSSR count). The van der Waals surface area contributed by atoms with E-state index in [1.54, 1.807) is 0 Å². The molecule has 0 saturated carbocycles. The van der Waals surface area contributed by atoms with E-state index in [1.807, 2.05) is 13.8 Å². The van der Waals surface area contributed by atoms with Gasteiger partial charge in [-0.05, 0) is 26.7 Å². The minimum Gasteiger partial charge on any atom is -0.454 e. The van der Waals surface area contributed by atoms with Gasteiger partial charge >= 0.3 is 5.97 Å². The smallest absolute Gasteiger partial charge is 0.313 e. The fourth-order valence-corrected chi connectivity index (χ4v) is 5.66. The van der Waals surface area contributed by atoms with Crippen molar-refractivity contribution < 1.29 is 38.4 Å². The average Bonchev–Trinajstić information content (AvgIpc) is 2.92. The Morgan fingerprint density at radius 3 is 1.90 bits per heavy atom. The van der Waals surface area contributed by atoms with Crippen molar-refractivity contribution in [2.75, 3.05) is 13.2 Å². The summed E-state index contributed by atoms with van der Waals surface area (Å²) >= 11 is 0. The highest BCUT2D eigenvalue weighted by atomic mass is 16.8. The molecule has 2 aliphatic rings. The first-order chi connectivity index (χ1) is 19.8. The molecule has 8 nitrogen and oxygen atoms in total. The SMILES string of the molecule is CCCCCCCCCCCC(=O)CC(=O)O[C@H]1C(O)O[C@@H]2COC(C)(C)O[C@H]2[C@@H]1OCCCCCCCCCC. The molecule has 0 radical (unpaired) electrons. The quantitative estimate of drug-likeness (QED) is 0.0766. The molecular formula is C33H60O8. The molecule has 5 atom stereocenters. The summed E-state index contributed by atoms with van der Waals surface area (Å²) in [5.74, 6) is -1.65. The minimum absolute atomic E-state index is 0.137. The number of Topliss-reactive ketones (excluding diaryl/α,β-unsaturated/α-hetero) is 1. The lowest BCUT2D eigenvalue weighted by Gasteiger charge is -2.49. The van der Waals surface area contributed by atoms with Gasteiger partial charge in [-0.1, -0.05) is 110 Å². The second-order valence-corrected chi connectivity index (χ2v) is 12.4. The number of aliphatic hydroxyl groups is 1. The van der Waals surface area contributed by atoms with E-state index >= 15 is 0 Å². The largest absolute Gasteiger partial charge is 0.454 e. The Balaban J connectivity index is 1.79. The van der Waals surface area contributed by atoms with Crippen LogP contribution >= 0.6 is 0 Å². The zero-order chi connectivity index (χ0) is 29.9. The molecule has 0 amide bonds. The van der Waals surface area contributed by atoms with Crippen LogP contribution in [-0.2, 0) is 33.3 Å². The predicted molar refractivity (Wildman–Crippen MR) is 159 cm³/mol. The van der Waals surface area contributed by atoms with Crippen LogP contribution in [0.5, 0.6) is 0 Å². The summed E-state index contributed by atoms with van der Waals surface area (Å²) in [6.07, 6.45) is 15.7. The summed E-state index contributed by atoms with van der Waals surface area (Å²) in [4.78, 5) is 25.2. The van der Waals surface area contributed by atoms with E-state index in [-0.39, 0.29) is 18.8 Å². The number of carbonyl (C=O) groups is 2. The summed E-state index contributed by atoms with van der Waals surface area (Å²) in [5, 5.41) is 10.8. The summed E-state index contributed by atoms with van der Waals surface area (Å²) in [6, 6.07) is 0. The van der Waals surface area contributed by atoms with Crippen LogP contribution in [0.25, 0.3) is 0 Å². The maximum Gasteiger partial charge on any atom is 0.313 e. The Morgan fingerprint density at radius 1 is 0.780 bits per heavy atom. The van der Waals surface area contributed by atoms with Crippen molar-refractivity contribution in [2.45, 2.75) is 186 Å². The number of hydrogen-bond acceptors (Lipinski definition) is 8. The molecule has 1 N–H and O–H groups in total. The Kier molecular flexibility index (Phi) is 18.3. The van der Waals surface area contributed by atoms with Gasteiger partial charge in [0.1, 0.15) is 30.5 Å². The molecule has 8 heteroatoms. The Hall–Kier alpha value is -1.06. The number of rotatable bonds is 23. The first-order valence-corrected chi connectivity index (χ1v) is 16.8. The van der Waals surface area contributed by atoms with Gasteiger partial charge in [-0.3, -0.25) is 9.59 Å². The number of esters is 1. The van der Waals surface area contributed by atoms with Crippen LogP contribution in [0.2, 0.25) is 0 Å². The van der Waals surface area contributed by atoms with Crippen LogP contribution in [0, 0.1) is 0 Å². The lowest BCUT2D eigenvalue weighted by Crippen LogP contribution is -2.65. The summed E-state index contributed by atoms with van der Waals surface area (Å²) in [6.45, 7) is 8.78. The van der Waals surface area contributed by atoms with Gasteiger partial charge in [-0.15, -0.1) is 0 Å². The van der Waals surface area contributed by atoms with E-state index in [2.05, 4.69) is 13.8 Å². The van der Waals surface area contributed by atoms with Gasteiger partial charge < -0.3 is 28.8 Å². The number of fused-ring (bicyclic) bond motifs is 1. The van der Waals surface area contributed by atoms with Crippen molar-refractivity contribution in [1.29, 1.82) is 0 Å². The van der Waals surface area contributed by atoms with Crippen molar-refractivity contribution in [3.8, 4) is 0 Å². The van der Waals surface area contributed by atoms with Gasteiger partial charge in [0, 0.05) is 13.0 Å². The predicted octanol–water partition coefficient (Wildman–Crippen LogP) is 7.17. The van der Waals surface area contributed by atoms with Crippen LogP contribution in [-0.4, -0.2) is 66.6 Å².